The highest BCUT2D eigenvalue weighted by Crippen LogP contribution is 2.24. The van der Waals surface area contributed by atoms with Gasteiger partial charge in [0.25, 0.3) is 0 Å². The highest BCUT2D eigenvalue weighted by molar-refractivity contribution is 7.84. The summed E-state index contributed by atoms with van der Waals surface area (Å²) >= 11 is 0. The van der Waals surface area contributed by atoms with E-state index in [4.69, 9.17) is 0 Å². The van der Waals surface area contributed by atoms with Crippen molar-refractivity contribution < 1.29 is 8.60 Å². The Bertz CT molecular complexity index is 457. The van der Waals surface area contributed by atoms with Crippen LogP contribution in [-0.4, -0.2) is 15.0 Å². The Hall–Kier alpha value is -0.740. The molecule has 1 N–H and O–H groups in total. The molecule has 0 radical (unpaired) electrons. The standard InChI is InChI=1S/C16H26FNOS/c1-15(2,3)14(18-20(19)16(4,5)6)11-12-7-9-13(17)10-8-12/h7-10,14,18H,11H2,1-6H3/t14-,20-/m1/s1. The van der Waals surface area contributed by atoms with Crippen LogP contribution in [0.5, 0.6) is 0 Å². The molecule has 1 aromatic rings. The molecule has 1 aromatic carbocycles. The van der Waals surface area contributed by atoms with E-state index in [-0.39, 0.29) is 22.0 Å². The van der Waals surface area contributed by atoms with Crippen molar-refractivity contribution in [3.8, 4) is 0 Å². The zero-order valence-electron chi connectivity index (χ0n) is 13.3. The summed E-state index contributed by atoms with van der Waals surface area (Å²) in [6, 6.07) is 6.57. The van der Waals surface area contributed by atoms with Crippen molar-refractivity contribution in [1.82, 2.24) is 4.72 Å². The minimum atomic E-state index is -1.12. The van der Waals surface area contributed by atoms with Gasteiger partial charge in [-0.3, -0.25) is 0 Å². The molecule has 1 rings (SSSR count). The van der Waals surface area contributed by atoms with Gasteiger partial charge >= 0.3 is 0 Å². The van der Waals surface area contributed by atoms with E-state index in [0.29, 0.717) is 0 Å². The third kappa shape index (κ3) is 5.33. The molecular formula is C16H26FNOS. The van der Waals surface area contributed by atoms with E-state index >= 15 is 0 Å². The normalized spacial score (nSPS) is 15.9. The van der Waals surface area contributed by atoms with E-state index in [9.17, 15) is 8.60 Å². The highest BCUT2D eigenvalue weighted by atomic mass is 32.2. The van der Waals surface area contributed by atoms with Crippen molar-refractivity contribution in [3.05, 3.63) is 35.6 Å². The van der Waals surface area contributed by atoms with Crippen LogP contribution in [-0.2, 0) is 17.4 Å². The third-order valence-corrected chi connectivity index (χ3v) is 4.81. The molecular weight excluding hydrogens is 273 g/mol. The number of halogens is 1. The van der Waals surface area contributed by atoms with Gasteiger partial charge in [-0.2, -0.15) is 0 Å². The van der Waals surface area contributed by atoms with Gasteiger partial charge in [0.2, 0.25) is 0 Å². The zero-order chi connectivity index (χ0) is 15.6. The molecule has 0 aromatic heterocycles. The summed E-state index contributed by atoms with van der Waals surface area (Å²) in [5, 5.41) is 0. The van der Waals surface area contributed by atoms with Crippen LogP contribution in [0.3, 0.4) is 0 Å². The van der Waals surface area contributed by atoms with Crippen LogP contribution in [0.15, 0.2) is 24.3 Å². The molecule has 2 nitrogen and oxygen atoms in total. The van der Waals surface area contributed by atoms with Gasteiger partial charge in [-0.25, -0.2) is 13.3 Å². The van der Waals surface area contributed by atoms with Crippen molar-refractivity contribution in [2.75, 3.05) is 0 Å². The van der Waals surface area contributed by atoms with Crippen LogP contribution < -0.4 is 4.72 Å². The molecule has 0 bridgehead atoms. The minimum absolute atomic E-state index is 0.0324. The maximum absolute atomic E-state index is 13.0. The molecule has 0 aliphatic rings. The predicted molar refractivity (Wildman–Crippen MR) is 84.4 cm³/mol. The molecule has 0 unspecified atom stereocenters. The maximum Gasteiger partial charge on any atom is 0.123 e. The lowest BCUT2D eigenvalue weighted by Crippen LogP contribution is -2.47. The summed E-state index contributed by atoms with van der Waals surface area (Å²) in [5.74, 6) is -0.229. The lowest BCUT2D eigenvalue weighted by atomic mass is 9.84. The summed E-state index contributed by atoms with van der Waals surface area (Å²) in [6.07, 6.45) is 0.728. The van der Waals surface area contributed by atoms with Crippen molar-refractivity contribution >= 4 is 11.0 Å². The molecule has 0 amide bonds. The van der Waals surface area contributed by atoms with Gasteiger partial charge < -0.3 is 0 Å². The van der Waals surface area contributed by atoms with Gasteiger partial charge in [-0.05, 0) is 50.3 Å². The molecule has 4 heteroatoms. The number of benzene rings is 1. The van der Waals surface area contributed by atoms with E-state index in [2.05, 4.69) is 25.5 Å². The molecule has 0 saturated heterocycles. The first-order valence-electron chi connectivity index (χ1n) is 6.92. The summed E-state index contributed by atoms with van der Waals surface area (Å²) in [4.78, 5) is 0. The van der Waals surface area contributed by atoms with Crippen molar-refractivity contribution in [2.24, 2.45) is 5.41 Å². The maximum atomic E-state index is 13.0. The quantitative estimate of drug-likeness (QED) is 0.899. The summed E-state index contributed by atoms with van der Waals surface area (Å²) in [6.45, 7) is 12.2. The van der Waals surface area contributed by atoms with Crippen LogP contribution in [0.4, 0.5) is 4.39 Å². The van der Waals surface area contributed by atoms with Crippen LogP contribution in [0.1, 0.15) is 47.1 Å². The van der Waals surface area contributed by atoms with Gasteiger partial charge in [0.15, 0.2) is 0 Å². The molecule has 0 spiro atoms. The molecule has 20 heavy (non-hydrogen) atoms. The fourth-order valence-corrected chi connectivity index (χ4v) is 2.74. The smallest absolute Gasteiger partial charge is 0.123 e. The second-order valence-corrected chi connectivity index (χ2v) is 9.25. The Morgan fingerprint density at radius 1 is 1.10 bits per heavy atom. The Morgan fingerprint density at radius 3 is 2.00 bits per heavy atom. The minimum Gasteiger partial charge on any atom is -0.242 e. The van der Waals surface area contributed by atoms with E-state index in [1.54, 1.807) is 12.1 Å². The van der Waals surface area contributed by atoms with Crippen molar-refractivity contribution in [2.45, 2.75) is 58.8 Å². The van der Waals surface area contributed by atoms with Gasteiger partial charge in [0, 0.05) is 6.04 Å². The molecule has 0 aliphatic carbocycles. The average Bonchev–Trinajstić information content (AvgIpc) is 2.28. The lowest BCUT2D eigenvalue weighted by molar-refractivity contribution is 0.299. The van der Waals surface area contributed by atoms with Gasteiger partial charge in [-0.1, -0.05) is 32.9 Å². The predicted octanol–water partition coefficient (Wildman–Crippen LogP) is 3.83. The molecule has 114 valence electrons. The monoisotopic (exact) mass is 299 g/mol. The summed E-state index contributed by atoms with van der Waals surface area (Å²) < 4.78 is 28.2. The van der Waals surface area contributed by atoms with Gasteiger partial charge in [-0.15, -0.1) is 0 Å². The van der Waals surface area contributed by atoms with Crippen LogP contribution in [0.2, 0.25) is 0 Å². The Kier molecular flexibility index (Phi) is 5.50. The Balaban J connectivity index is 2.86. The fourth-order valence-electron chi connectivity index (χ4n) is 1.69. The van der Waals surface area contributed by atoms with Crippen LogP contribution >= 0.6 is 0 Å². The molecule has 0 fully saturated rings. The topological polar surface area (TPSA) is 29.1 Å². The molecule has 0 heterocycles. The second-order valence-electron chi connectivity index (χ2n) is 7.25. The van der Waals surface area contributed by atoms with Crippen LogP contribution in [0.25, 0.3) is 0 Å². The summed E-state index contributed by atoms with van der Waals surface area (Å²) in [7, 11) is -1.12. The lowest BCUT2D eigenvalue weighted by Gasteiger charge is -2.33. The van der Waals surface area contributed by atoms with E-state index in [1.807, 2.05) is 20.8 Å². The first-order chi connectivity index (χ1) is 9.00. The van der Waals surface area contributed by atoms with Crippen molar-refractivity contribution in [1.29, 1.82) is 0 Å². The first-order valence-corrected chi connectivity index (χ1v) is 8.07. The fraction of sp³-hybridized carbons (Fsp3) is 0.625. The average molecular weight is 299 g/mol. The van der Waals surface area contributed by atoms with E-state index in [0.717, 1.165) is 12.0 Å². The Labute approximate surface area is 124 Å². The number of rotatable bonds is 4. The van der Waals surface area contributed by atoms with E-state index < -0.39 is 11.0 Å². The highest BCUT2D eigenvalue weighted by Gasteiger charge is 2.30. The largest absolute Gasteiger partial charge is 0.242 e. The zero-order valence-corrected chi connectivity index (χ0v) is 14.1. The van der Waals surface area contributed by atoms with Crippen LogP contribution in [0, 0.1) is 11.2 Å². The molecule has 0 saturated carbocycles. The molecule has 0 aliphatic heterocycles. The van der Waals surface area contributed by atoms with Gasteiger partial charge in [0.05, 0.1) is 15.7 Å². The first kappa shape index (κ1) is 17.3. The van der Waals surface area contributed by atoms with E-state index in [1.165, 1.54) is 12.1 Å². The number of hydrogen-bond acceptors (Lipinski definition) is 1. The third-order valence-electron chi connectivity index (χ3n) is 3.20. The summed E-state index contributed by atoms with van der Waals surface area (Å²) in [5.41, 5.74) is 1.01. The molecule has 2 atom stereocenters. The SMILES string of the molecule is CC(C)(C)[C@@H](Cc1ccc(F)cc1)N[S@](=O)C(C)(C)C. The number of hydrogen-bond donors (Lipinski definition) is 1. The van der Waals surface area contributed by atoms with Crippen molar-refractivity contribution in [3.63, 3.8) is 0 Å². The number of nitrogens with one attached hydrogen (secondary N) is 1. The van der Waals surface area contributed by atoms with Gasteiger partial charge in [0.1, 0.15) is 5.82 Å². The second kappa shape index (κ2) is 6.35. The Morgan fingerprint density at radius 2 is 1.60 bits per heavy atom.